The second-order valence-corrected chi connectivity index (χ2v) is 4.32. The van der Waals surface area contributed by atoms with Crippen molar-refractivity contribution in [1.82, 2.24) is 20.2 Å². The SMILES string of the molecule is CCOC(=O)Cn1nnc(-c2ccc(C)c(Cl)c2)n1. The first-order chi connectivity index (χ1) is 9.10. The Kier molecular flexibility index (Phi) is 4.11. The molecule has 0 atom stereocenters. The van der Waals surface area contributed by atoms with E-state index < -0.39 is 5.97 Å². The lowest BCUT2D eigenvalue weighted by Gasteiger charge is -2.00. The van der Waals surface area contributed by atoms with Gasteiger partial charge in [-0.25, -0.2) is 4.79 Å². The Bertz CT molecular complexity index is 597. The molecule has 2 rings (SSSR count). The summed E-state index contributed by atoms with van der Waals surface area (Å²) in [5.74, 6) is 0.0274. The lowest BCUT2D eigenvalue weighted by Crippen LogP contribution is -2.15. The zero-order chi connectivity index (χ0) is 13.8. The first-order valence-corrected chi connectivity index (χ1v) is 6.18. The van der Waals surface area contributed by atoms with E-state index in [1.165, 1.54) is 4.80 Å². The Balaban J connectivity index is 2.16. The lowest BCUT2D eigenvalue weighted by atomic mass is 10.1. The number of aromatic nitrogens is 4. The Morgan fingerprint density at radius 1 is 1.47 bits per heavy atom. The van der Waals surface area contributed by atoms with Crippen LogP contribution in [0.25, 0.3) is 11.4 Å². The van der Waals surface area contributed by atoms with Gasteiger partial charge in [0.1, 0.15) is 0 Å². The minimum absolute atomic E-state index is 0.0551. The molecule has 6 nitrogen and oxygen atoms in total. The van der Waals surface area contributed by atoms with E-state index in [0.29, 0.717) is 17.5 Å². The summed E-state index contributed by atoms with van der Waals surface area (Å²) in [5.41, 5.74) is 1.73. The highest BCUT2D eigenvalue weighted by atomic mass is 35.5. The summed E-state index contributed by atoms with van der Waals surface area (Å²) in [4.78, 5) is 12.5. The van der Waals surface area contributed by atoms with E-state index in [-0.39, 0.29) is 6.54 Å². The average molecular weight is 281 g/mol. The Hall–Kier alpha value is -1.95. The van der Waals surface area contributed by atoms with Gasteiger partial charge in [-0.3, -0.25) is 0 Å². The Labute approximate surface area is 115 Å². The van der Waals surface area contributed by atoms with Gasteiger partial charge in [-0.15, -0.1) is 10.2 Å². The molecule has 0 saturated heterocycles. The van der Waals surface area contributed by atoms with Crippen LogP contribution < -0.4 is 0 Å². The summed E-state index contributed by atoms with van der Waals surface area (Å²) in [6, 6.07) is 5.50. The Morgan fingerprint density at radius 3 is 2.95 bits per heavy atom. The largest absolute Gasteiger partial charge is 0.465 e. The molecule has 1 heterocycles. The van der Waals surface area contributed by atoms with Crippen molar-refractivity contribution >= 4 is 17.6 Å². The molecule has 1 aromatic carbocycles. The van der Waals surface area contributed by atoms with Crippen LogP contribution in [0.1, 0.15) is 12.5 Å². The van der Waals surface area contributed by atoms with Crippen LogP contribution in [0, 0.1) is 6.92 Å². The molecular weight excluding hydrogens is 268 g/mol. The summed E-state index contributed by atoms with van der Waals surface area (Å²) in [6.45, 7) is 3.93. The second-order valence-electron chi connectivity index (χ2n) is 3.91. The van der Waals surface area contributed by atoms with Crippen LogP contribution in [-0.4, -0.2) is 32.8 Å². The zero-order valence-corrected chi connectivity index (χ0v) is 11.4. The minimum Gasteiger partial charge on any atom is -0.465 e. The molecule has 0 aliphatic heterocycles. The number of halogens is 1. The number of tetrazole rings is 1. The fraction of sp³-hybridized carbons (Fsp3) is 0.333. The normalized spacial score (nSPS) is 10.5. The van der Waals surface area contributed by atoms with Crippen molar-refractivity contribution in [2.75, 3.05) is 6.61 Å². The topological polar surface area (TPSA) is 69.9 Å². The number of carbonyl (C=O) groups excluding carboxylic acids is 1. The first kappa shape index (κ1) is 13.5. The fourth-order valence-electron chi connectivity index (χ4n) is 1.48. The van der Waals surface area contributed by atoms with Crippen molar-refractivity contribution in [1.29, 1.82) is 0 Å². The summed E-state index contributed by atoms with van der Waals surface area (Å²) in [6.07, 6.45) is 0. The van der Waals surface area contributed by atoms with Gasteiger partial charge in [0, 0.05) is 10.6 Å². The highest BCUT2D eigenvalue weighted by Gasteiger charge is 2.10. The van der Waals surface area contributed by atoms with Crippen LogP contribution in [0.5, 0.6) is 0 Å². The Morgan fingerprint density at radius 2 is 2.26 bits per heavy atom. The molecule has 0 aliphatic carbocycles. The number of ether oxygens (including phenoxy) is 1. The molecule has 0 amide bonds. The van der Waals surface area contributed by atoms with Crippen LogP contribution >= 0.6 is 11.6 Å². The monoisotopic (exact) mass is 280 g/mol. The predicted octanol–water partition coefficient (Wildman–Crippen LogP) is 1.87. The number of benzene rings is 1. The maximum atomic E-state index is 11.3. The quantitative estimate of drug-likeness (QED) is 0.800. The maximum Gasteiger partial charge on any atom is 0.329 e. The van der Waals surface area contributed by atoms with Crippen molar-refractivity contribution in [3.05, 3.63) is 28.8 Å². The van der Waals surface area contributed by atoms with E-state index in [2.05, 4.69) is 15.4 Å². The maximum absolute atomic E-state index is 11.3. The molecule has 0 unspecified atom stereocenters. The molecule has 0 spiro atoms. The molecule has 19 heavy (non-hydrogen) atoms. The molecule has 0 radical (unpaired) electrons. The third-order valence-corrected chi connectivity index (χ3v) is 2.87. The van der Waals surface area contributed by atoms with Gasteiger partial charge in [-0.1, -0.05) is 23.7 Å². The van der Waals surface area contributed by atoms with Gasteiger partial charge in [0.25, 0.3) is 0 Å². The highest BCUT2D eigenvalue weighted by molar-refractivity contribution is 6.31. The van der Waals surface area contributed by atoms with Crippen LogP contribution in [0.2, 0.25) is 5.02 Å². The molecule has 0 bridgehead atoms. The van der Waals surface area contributed by atoms with Crippen molar-refractivity contribution in [2.45, 2.75) is 20.4 Å². The van der Waals surface area contributed by atoms with Gasteiger partial charge in [-0.05, 0) is 30.7 Å². The average Bonchev–Trinajstić information content (AvgIpc) is 2.81. The summed E-state index contributed by atoms with van der Waals surface area (Å²) >= 11 is 6.04. The van der Waals surface area contributed by atoms with E-state index in [1.807, 2.05) is 19.1 Å². The van der Waals surface area contributed by atoms with Gasteiger partial charge in [-0.2, -0.15) is 4.80 Å². The summed E-state index contributed by atoms with van der Waals surface area (Å²) in [7, 11) is 0. The number of rotatable bonds is 4. The molecule has 0 saturated carbocycles. The summed E-state index contributed by atoms with van der Waals surface area (Å²) < 4.78 is 4.81. The number of esters is 1. The summed E-state index contributed by atoms with van der Waals surface area (Å²) in [5, 5.41) is 12.4. The third kappa shape index (κ3) is 3.29. The van der Waals surface area contributed by atoms with Crippen LogP contribution in [0.15, 0.2) is 18.2 Å². The van der Waals surface area contributed by atoms with E-state index in [4.69, 9.17) is 16.3 Å². The predicted molar refractivity (Wildman–Crippen MR) is 69.6 cm³/mol. The van der Waals surface area contributed by atoms with Crippen LogP contribution in [0.3, 0.4) is 0 Å². The number of aryl methyl sites for hydroxylation is 1. The number of carbonyl (C=O) groups is 1. The van der Waals surface area contributed by atoms with Crippen molar-refractivity contribution in [2.24, 2.45) is 0 Å². The van der Waals surface area contributed by atoms with Gasteiger partial charge in [0.05, 0.1) is 6.61 Å². The smallest absolute Gasteiger partial charge is 0.329 e. The standard InChI is InChI=1S/C12H13ClN4O2/c1-3-19-11(18)7-17-15-12(14-16-17)9-5-4-8(2)10(13)6-9/h4-6H,3,7H2,1-2H3. The van der Waals surface area contributed by atoms with E-state index in [9.17, 15) is 4.79 Å². The second kappa shape index (κ2) is 5.79. The van der Waals surface area contributed by atoms with E-state index in [0.717, 1.165) is 11.1 Å². The minimum atomic E-state index is -0.395. The lowest BCUT2D eigenvalue weighted by molar-refractivity contribution is -0.144. The fourth-order valence-corrected chi connectivity index (χ4v) is 1.66. The van der Waals surface area contributed by atoms with E-state index in [1.54, 1.807) is 13.0 Å². The van der Waals surface area contributed by atoms with Crippen molar-refractivity contribution in [3.63, 3.8) is 0 Å². The highest BCUT2D eigenvalue weighted by Crippen LogP contribution is 2.22. The number of hydrogen-bond acceptors (Lipinski definition) is 5. The molecule has 100 valence electrons. The first-order valence-electron chi connectivity index (χ1n) is 5.80. The number of nitrogens with zero attached hydrogens (tertiary/aromatic N) is 4. The molecular formula is C12H13ClN4O2. The van der Waals surface area contributed by atoms with Crippen molar-refractivity contribution < 1.29 is 9.53 Å². The molecule has 2 aromatic rings. The molecule has 0 aliphatic rings. The van der Waals surface area contributed by atoms with Crippen LogP contribution in [-0.2, 0) is 16.1 Å². The van der Waals surface area contributed by atoms with Crippen molar-refractivity contribution in [3.8, 4) is 11.4 Å². The van der Waals surface area contributed by atoms with Gasteiger partial charge < -0.3 is 4.74 Å². The van der Waals surface area contributed by atoms with Crippen LogP contribution in [0.4, 0.5) is 0 Å². The molecule has 0 fully saturated rings. The zero-order valence-electron chi connectivity index (χ0n) is 10.6. The number of hydrogen-bond donors (Lipinski definition) is 0. The van der Waals surface area contributed by atoms with E-state index >= 15 is 0 Å². The molecule has 1 aromatic heterocycles. The van der Waals surface area contributed by atoms with Gasteiger partial charge in [0.2, 0.25) is 5.82 Å². The third-order valence-electron chi connectivity index (χ3n) is 2.46. The molecule has 7 heteroatoms. The van der Waals surface area contributed by atoms with Gasteiger partial charge >= 0.3 is 5.97 Å². The molecule has 0 N–H and O–H groups in total. The van der Waals surface area contributed by atoms with Gasteiger partial charge in [0.15, 0.2) is 6.54 Å².